The number of nitrogens with one attached hydrogen (secondary N) is 2. The Morgan fingerprint density at radius 1 is 1.32 bits per heavy atom. The van der Waals surface area contributed by atoms with Gasteiger partial charge in [0, 0.05) is 7.05 Å². The predicted molar refractivity (Wildman–Crippen MR) is 69.2 cm³/mol. The van der Waals surface area contributed by atoms with Gasteiger partial charge in [-0.15, -0.1) is 0 Å². The third-order valence-corrected chi connectivity index (χ3v) is 2.85. The monoisotopic (exact) mass is 263 g/mol. The number of carbonyl (C=O) groups excluding carboxylic acids is 2. The van der Waals surface area contributed by atoms with Crippen LogP contribution in [0.5, 0.6) is 0 Å². The third-order valence-electron chi connectivity index (χ3n) is 2.85. The molecule has 1 aliphatic heterocycles. The molecular weight excluding hydrogens is 246 g/mol. The number of likely N-dealkylation sites (N-methyl/N-ethyl adjacent to an activating group) is 1. The summed E-state index contributed by atoms with van der Waals surface area (Å²) in [5, 5.41) is 5.14. The molecule has 1 atom stereocenters. The lowest BCUT2D eigenvalue weighted by atomic mass is 10.2. The molecule has 1 heterocycles. The molecule has 1 aromatic rings. The lowest BCUT2D eigenvalue weighted by Gasteiger charge is -2.18. The summed E-state index contributed by atoms with van der Waals surface area (Å²) in [6.45, 7) is 0.781. The fourth-order valence-corrected chi connectivity index (χ4v) is 1.79. The normalized spacial score (nSPS) is 19.6. The highest BCUT2D eigenvalue weighted by atomic mass is 16.5. The molecule has 0 aromatic heterocycles. The molecule has 6 heteroatoms. The number of benzene rings is 1. The van der Waals surface area contributed by atoms with Crippen LogP contribution in [-0.2, 0) is 16.1 Å². The van der Waals surface area contributed by atoms with Crippen LogP contribution in [0.1, 0.15) is 5.56 Å². The number of carbonyl (C=O) groups is 2. The number of urea groups is 1. The molecule has 1 aromatic carbocycles. The van der Waals surface area contributed by atoms with Gasteiger partial charge in [-0.25, -0.2) is 4.79 Å². The molecule has 0 aliphatic carbocycles. The first-order valence-electron chi connectivity index (χ1n) is 6.08. The highest BCUT2D eigenvalue weighted by Crippen LogP contribution is 2.03. The molecule has 1 fully saturated rings. The summed E-state index contributed by atoms with van der Waals surface area (Å²) in [7, 11) is 1.64. The summed E-state index contributed by atoms with van der Waals surface area (Å²) in [6, 6.07) is 8.67. The lowest BCUT2D eigenvalue weighted by molar-refractivity contribution is -0.133. The Labute approximate surface area is 111 Å². The van der Waals surface area contributed by atoms with E-state index < -0.39 is 6.04 Å². The molecule has 0 radical (unpaired) electrons. The average Bonchev–Trinajstić information content (AvgIpc) is 2.54. The van der Waals surface area contributed by atoms with Gasteiger partial charge in [-0.3, -0.25) is 4.79 Å². The minimum absolute atomic E-state index is 0.158. The van der Waals surface area contributed by atoms with E-state index in [0.717, 1.165) is 5.56 Å². The third kappa shape index (κ3) is 3.69. The molecule has 2 rings (SSSR count). The molecule has 2 N–H and O–H groups in total. The maximum Gasteiger partial charge on any atom is 0.316 e. The maximum absolute atomic E-state index is 11.9. The molecule has 102 valence electrons. The molecule has 0 bridgehead atoms. The van der Waals surface area contributed by atoms with Crippen LogP contribution in [0.25, 0.3) is 0 Å². The maximum atomic E-state index is 11.9. The van der Waals surface area contributed by atoms with E-state index in [1.807, 2.05) is 30.3 Å². The summed E-state index contributed by atoms with van der Waals surface area (Å²) in [6.07, 6.45) is 0. The Kier molecular flexibility index (Phi) is 4.35. The summed E-state index contributed by atoms with van der Waals surface area (Å²) in [5.41, 5.74) is 1.03. The van der Waals surface area contributed by atoms with E-state index in [-0.39, 0.29) is 25.2 Å². The smallest absolute Gasteiger partial charge is 0.316 e. The zero-order valence-corrected chi connectivity index (χ0v) is 10.8. The standard InChI is InChI=1S/C13H17N3O3/c1-16-9-14-13(18)15-11(12(16)17)8-19-7-10-5-3-2-4-6-10/h2-6,11H,7-9H2,1H3,(H2,14,15,18)/t11-/m0/s1. The number of nitrogens with zero attached hydrogens (tertiary/aromatic N) is 1. The Bertz CT molecular complexity index is 450. The van der Waals surface area contributed by atoms with Crippen molar-refractivity contribution in [1.82, 2.24) is 15.5 Å². The van der Waals surface area contributed by atoms with Gasteiger partial charge < -0.3 is 20.3 Å². The minimum Gasteiger partial charge on any atom is -0.374 e. The van der Waals surface area contributed by atoms with E-state index in [9.17, 15) is 9.59 Å². The molecule has 1 aliphatic rings. The minimum atomic E-state index is -0.642. The van der Waals surface area contributed by atoms with Crippen LogP contribution in [-0.4, -0.2) is 43.2 Å². The van der Waals surface area contributed by atoms with Crippen LogP contribution in [0.4, 0.5) is 4.79 Å². The second-order valence-electron chi connectivity index (χ2n) is 4.40. The van der Waals surface area contributed by atoms with E-state index in [1.165, 1.54) is 4.90 Å². The second-order valence-corrected chi connectivity index (χ2v) is 4.40. The van der Waals surface area contributed by atoms with Crippen molar-refractivity contribution in [3.8, 4) is 0 Å². The molecule has 0 spiro atoms. The summed E-state index contributed by atoms with van der Waals surface area (Å²) in [5.74, 6) is -0.161. The van der Waals surface area contributed by atoms with Gasteiger partial charge in [0.1, 0.15) is 6.04 Å². The summed E-state index contributed by atoms with van der Waals surface area (Å²) < 4.78 is 5.49. The van der Waals surface area contributed by atoms with Crippen LogP contribution in [0.2, 0.25) is 0 Å². The Morgan fingerprint density at radius 2 is 2.05 bits per heavy atom. The van der Waals surface area contributed by atoms with Crippen molar-refractivity contribution in [3.05, 3.63) is 35.9 Å². The van der Waals surface area contributed by atoms with Crippen molar-refractivity contribution in [3.63, 3.8) is 0 Å². The SMILES string of the molecule is CN1CNC(=O)N[C@@H](COCc2ccccc2)C1=O. The molecule has 0 saturated carbocycles. The average molecular weight is 263 g/mol. The fraction of sp³-hybridized carbons (Fsp3) is 0.385. The van der Waals surface area contributed by atoms with Crippen molar-refractivity contribution in [2.45, 2.75) is 12.6 Å². The highest BCUT2D eigenvalue weighted by Gasteiger charge is 2.27. The van der Waals surface area contributed by atoms with Crippen LogP contribution in [0, 0.1) is 0 Å². The van der Waals surface area contributed by atoms with E-state index in [2.05, 4.69) is 10.6 Å². The van der Waals surface area contributed by atoms with Crippen LogP contribution in [0.3, 0.4) is 0 Å². The van der Waals surface area contributed by atoms with E-state index in [0.29, 0.717) is 6.61 Å². The Morgan fingerprint density at radius 3 is 2.79 bits per heavy atom. The number of hydrogen-bond acceptors (Lipinski definition) is 3. The second kappa shape index (κ2) is 6.19. The van der Waals surface area contributed by atoms with Gasteiger partial charge in [0.25, 0.3) is 0 Å². The lowest BCUT2D eigenvalue weighted by Crippen LogP contribution is -2.46. The van der Waals surface area contributed by atoms with Gasteiger partial charge in [-0.2, -0.15) is 0 Å². The van der Waals surface area contributed by atoms with Crippen molar-refractivity contribution in [1.29, 1.82) is 0 Å². The van der Waals surface area contributed by atoms with Crippen LogP contribution < -0.4 is 10.6 Å². The molecule has 0 unspecified atom stereocenters. The van der Waals surface area contributed by atoms with Crippen molar-refractivity contribution in [2.75, 3.05) is 20.3 Å². The zero-order valence-electron chi connectivity index (χ0n) is 10.8. The Balaban J connectivity index is 1.86. The number of hydrogen-bond donors (Lipinski definition) is 2. The van der Waals surface area contributed by atoms with Gasteiger partial charge in [0.2, 0.25) is 5.91 Å². The van der Waals surface area contributed by atoms with Gasteiger partial charge >= 0.3 is 6.03 Å². The quantitative estimate of drug-likeness (QED) is 0.821. The molecule has 1 saturated heterocycles. The molecule has 6 nitrogen and oxygen atoms in total. The van der Waals surface area contributed by atoms with Crippen LogP contribution in [0.15, 0.2) is 30.3 Å². The number of amides is 3. The summed E-state index contributed by atoms with van der Waals surface area (Å²) in [4.78, 5) is 24.7. The van der Waals surface area contributed by atoms with Gasteiger partial charge in [-0.05, 0) is 5.56 Å². The first kappa shape index (κ1) is 13.4. The van der Waals surface area contributed by atoms with Crippen LogP contribution >= 0.6 is 0 Å². The largest absolute Gasteiger partial charge is 0.374 e. The highest BCUT2D eigenvalue weighted by molar-refractivity contribution is 5.88. The molecular formula is C13H17N3O3. The number of rotatable bonds is 4. The first-order chi connectivity index (χ1) is 9.16. The Hall–Kier alpha value is -2.08. The van der Waals surface area contributed by atoms with Gasteiger partial charge in [-0.1, -0.05) is 30.3 Å². The van der Waals surface area contributed by atoms with Gasteiger partial charge in [0.05, 0.1) is 19.9 Å². The first-order valence-corrected chi connectivity index (χ1v) is 6.08. The zero-order chi connectivity index (χ0) is 13.7. The fourth-order valence-electron chi connectivity index (χ4n) is 1.79. The summed E-state index contributed by atoms with van der Waals surface area (Å²) >= 11 is 0. The topological polar surface area (TPSA) is 70.7 Å². The van der Waals surface area contributed by atoms with Crippen molar-refractivity contribution >= 4 is 11.9 Å². The van der Waals surface area contributed by atoms with Gasteiger partial charge in [0.15, 0.2) is 0 Å². The van der Waals surface area contributed by atoms with Crippen molar-refractivity contribution in [2.24, 2.45) is 0 Å². The number of ether oxygens (including phenoxy) is 1. The van der Waals surface area contributed by atoms with E-state index in [1.54, 1.807) is 7.05 Å². The van der Waals surface area contributed by atoms with Crippen molar-refractivity contribution < 1.29 is 14.3 Å². The predicted octanol–water partition coefficient (Wildman–Crippen LogP) is 0.300. The van der Waals surface area contributed by atoms with E-state index >= 15 is 0 Å². The molecule has 19 heavy (non-hydrogen) atoms. The molecule has 3 amide bonds. The van der Waals surface area contributed by atoms with E-state index in [4.69, 9.17) is 4.74 Å².